The van der Waals surface area contributed by atoms with Crippen molar-refractivity contribution in [1.82, 2.24) is 15.1 Å². The molecular formula is C14H27N3O2. The summed E-state index contributed by atoms with van der Waals surface area (Å²) in [6.45, 7) is 8.16. The van der Waals surface area contributed by atoms with Crippen LogP contribution in [0.2, 0.25) is 0 Å². The number of hydrogen-bond donors (Lipinski definition) is 1. The molecule has 0 radical (unpaired) electrons. The van der Waals surface area contributed by atoms with Crippen molar-refractivity contribution in [2.24, 2.45) is 5.92 Å². The van der Waals surface area contributed by atoms with E-state index in [1.54, 1.807) is 0 Å². The Balaban J connectivity index is 1.90. The van der Waals surface area contributed by atoms with Gasteiger partial charge in [0.15, 0.2) is 0 Å². The zero-order chi connectivity index (χ0) is 13.7. The smallest absolute Gasteiger partial charge is 0.229 e. The Morgan fingerprint density at radius 2 is 2.11 bits per heavy atom. The maximum Gasteiger partial charge on any atom is 0.229 e. The minimum absolute atomic E-state index is 0.00922. The van der Waals surface area contributed by atoms with Crippen molar-refractivity contribution < 1.29 is 9.53 Å². The van der Waals surface area contributed by atoms with Gasteiger partial charge in [0.05, 0.1) is 19.1 Å². The molecule has 2 unspecified atom stereocenters. The summed E-state index contributed by atoms with van der Waals surface area (Å²) in [7, 11) is 2.12. The van der Waals surface area contributed by atoms with Crippen LogP contribution in [0, 0.1) is 5.92 Å². The minimum Gasteiger partial charge on any atom is -0.379 e. The van der Waals surface area contributed by atoms with E-state index >= 15 is 0 Å². The maximum absolute atomic E-state index is 12.6. The molecular weight excluding hydrogens is 242 g/mol. The Kier molecular flexibility index (Phi) is 5.60. The van der Waals surface area contributed by atoms with Crippen LogP contribution in [0.3, 0.4) is 0 Å². The molecule has 0 aliphatic carbocycles. The molecule has 2 fully saturated rings. The molecule has 5 heteroatoms. The molecule has 2 aliphatic rings. The van der Waals surface area contributed by atoms with E-state index in [1.807, 2.05) is 4.90 Å². The van der Waals surface area contributed by atoms with Gasteiger partial charge in [-0.05, 0) is 33.0 Å². The first-order valence-electron chi connectivity index (χ1n) is 7.51. The van der Waals surface area contributed by atoms with Gasteiger partial charge in [-0.2, -0.15) is 0 Å². The first-order chi connectivity index (χ1) is 9.22. The van der Waals surface area contributed by atoms with Gasteiger partial charge in [-0.1, -0.05) is 6.92 Å². The number of nitrogens with zero attached hydrogens (tertiary/aromatic N) is 2. The largest absolute Gasteiger partial charge is 0.379 e. The Labute approximate surface area is 116 Å². The monoisotopic (exact) mass is 269 g/mol. The van der Waals surface area contributed by atoms with Crippen LogP contribution in [-0.2, 0) is 9.53 Å². The van der Waals surface area contributed by atoms with Crippen LogP contribution in [0.5, 0.6) is 0 Å². The summed E-state index contributed by atoms with van der Waals surface area (Å²) in [5.41, 5.74) is 0. The number of nitrogens with one attached hydrogen (secondary N) is 1. The van der Waals surface area contributed by atoms with E-state index in [0.717, 1.165) is 45.6 Å². The van der Waals surface area contributed by atoms with Crippen molar-refractivity contribution in [2.45, 2.75) is 25.8 Å². The molecule has 2 atom stereocenters. The average molecular weight is 269 g/mol. The van der Waals surface area contributed by atoms with Gasteiger partial charge in [0.1, 0.15) is 0 Å². The van der Waals surface area contributed by atoms with Crippen molar-refractivity contribution in [3.05, 3.63) is 0 Å². The number of rotatable bonds is 4. The molecule has 0 aromatic rings. The highest BCUT2D eigenvalue weighted by Gasteiger charge is 2.36. The number of hydrogen-bond acceptors (Lipinski definition) is 4. The molecule has 2 aliphatic heterocycles. The van der Waals surface area contributed by atoms with E-state index in [2.05, 4.69) is 24.2 Å². The standard InChI is InChI=1S/C14H27N3O2/c1-3-5-15-13-11-19-10-12(13)14(18)17-7-4-6-16(2)8-9-17/h12-13,15H,3-11H2,1-2H3. The second-order valence-corrected chi connectivity index (χ2v) is 5.69. The predicted octanol–water partition coefficient (Wildman–Crippen LogP) is 0.165. The van der Waals surface area contributed by atoms with Crippen LogP contribution in [0.15, 0.2) is 0 Å². The normalized spacial score (nSPS) is 29.5. The van der Waals surface area contributed by atoms with E-state index in [9.17, 15) is 4.79 Å². The molecule has 0 aromatic carbocycles. The summed E-state index contributed by atoms with van der Waals surface area (Å²) in [6.07, 6.45) is 2.16. The molecule has 1 N–H and O–H groups in total. The Hall–Kier alpha value is -0.650. The molecule has 0 saturated carbocycles. The molecule has 2 rings (SSSR count). The topological polar surface area (TPSA) is 44.8 Å². The van der Waals surface area contributed by atoms with Gasteiger partial charge in [0.25, 0.3) is 0 Å². The van der Waals surface area contributed by atoms with Gasteiger partial charge >= 0.3 is 0 Å². The highest BCUT2D eigenvalue weighted by molar-refractivity contribution is 5.80. The molecule has 110 valence electrons. The Morgan fingerprint density at radius 3 is 2.89 bits per heavy atom. The quantitative estimate of drug-likeness (QED) is 0.790. The zero-order valence-electron chi connectivity index (χ0n) is 12.2. The molecule has 1 amide bonds. The number of ether oxygens (including phenoxy) is 1. The Morgan fingerprint density at radius 1 is 1.26 bits per heavy atom. The van der Waals surface area contributed by atoms with Crippen molar-refractivity contribution in [3.63, 3.8) is 0 Å². The summed E-state index contributed by atoms with van der Waals surface area (Å²) in [5, 5.41) is 3.44. The number of likely N-dealkylation sites (N-methyl/N-ethyl adjacent to an activating group) is 1. The lowest BCUT2D eigenvalue weighted by atomic mass is 10.0. The fourth-order valence-electron chi connectivity index (χ4n) is 2.83. The third kappa shape index (κ3) is 3.91. The Bertz CT molecular complexity index is 298. The van der Waals surface area contributed by atoms with Gasteiger partial charge in [0, 0.05) is 25.7 Å². The second-order valence-electron chi connectivity index (χ2n) is 5.69. The first kappa shape index (κ1) is 14.8. The van der Waals surface area contributed by atoms with Crippen LogP contribution in [0.25, 0.3) is 0 Å². The van der Waals surface area contributed by atoms with Crippen molar-refractivity contribution in [3.8, 4) is 0 Å². The van der Waals surface area contributed by atoms with Crippen LogP contribution < -0.4 is 5.32 Å². The third-order valence-electron chi connectivity index (χ3n) is 4.09. The van der Waals surface area contributed by atoms with E-state index in [-0.39, 0.29) is 17.9 Å². The van der Waals surface area contributed by atoms with Crippen molar-refractivity contribution >= 4 is 5.91 Å². The van der Waals surface area contributed by atoms with Crippen LogP contribution in [0.4, 0.5) is 0 Å². The molecule has 5 nitrogen and oxygen atoms in total. The lowest BCUT2D eigenvalue weighted by Crippen LogP contribution is -2.46. The fraction of sp³-hybridized carbons (Fsp3) is 0.929. The summed E-state index contributed by atoms with van der Waals surface area (Å²) < 4.78 is 5.51. The van der Waals surface area contributed by atoms with Gasteiger partial charge in [-0.15, -0.1) is 0 Å². The van der Waals surface area contributed by atoms with Crippen LogP contribution in [0.1, 0.15) is 19.8 Å². The summed E-state index contributed by atoms with van der Waals surface area (Å²) in [6, 6.07) is 0.202. The number of amides is 1. The fourth-order valence-corrected chi connectivity index (χ4v) is 2.83. The molecule has 2 saturated heterocycles. The van der Waals surface area contributed by atoms with Crippen LogP contribution in [-0.4, -0.2) is 74.7 Å². The second kappa shape index (κ2) is 7.22. The van der Waals surface area contributed by atoms with E-state index in [4.69, 9.17) is 4.74 Å². The lowest BCUT2D eigenvalue weighted by Gasteiger charge is -2.26. The summed E-state index contributed by atoms with van der Waals surface area (Å²) in [4.78, 5) is 16.9. The van der Waals surface area contributed by atoms with E-state index in [0.29, 0.717) is 13.2 Å². The van der Waals surface area contributed by atoms with Crippen LogP contribution >= 0.6 is 0 Å². The zero-order valence-corrected chi connectivity index (χ0v) is 12.2. The first-order valence-corrected chi connectivity index (χ1v) is 7.51. The van der Waals surface area contributed by atoms with Gasteiger partial charge in [0.2, 0.25) is 5.91 Å². The SMILES string of the molecule is CCCNC1COCC1C(=O)N1CCCN(C)CC1. The highest BCUT2D eigenvalue weighted by atomic mass is 16.5. The number of carbonyl (C=O) groups excluding carboxylic acids is 1. The molecule has 2 heterocycles. The lowest BCUT2D eigenvalue weighted by molar-refractivity contribution is -0.135. The average Bonchev–Trinajstić information content (AvgIpc) is 2.77. The van der Waals surface area contributed by atoms with Crippen molar-refractivity contribution in [2.75, 3.05) is 53.0 Å². The van der Waals surface area contributed by atoms with Gasteiger partial charge < -0.3 is 19.9 Å². The van der Waals surface area contributed by atoms with Gasteiger partial charge in [-0.25, -0.2) is 0 Å². The molecule has 0 spiro atoms. The van der Waals surface area contributed by atoms with Crippen molar-refractivity contribution in [1.29, 1.82) is 0 Å². The third-order valence-corrected chi connectivity index (χ3v) is 4.09. The summed E-state index contributed by atoms with van der Waals surface area (Å²) >= 11 is 0. The number of carbonyl (C=O) groups is 1. The van der Waals surface area contributed by atoms with E-state index < -0.39 is 0 Å². The molecule has 19 heavy (non-hydrogen) atoms. The summed E-state index contributed by atoms with van der Waals surface area (Å²) in [5.74, 6) is 0.288. The van der Waals surface area contributed by atoms with E-state index in [1.165, 1.54) is 0 Å². The maximum atomic E-state index is 12.6. The van der Waals surface area contributed by atoms with Gasteiger partial charge in [-0.3, -0.25) is 4.79 Å². The predicted molar refractivity (Wildman–Crippen MR) is 75.1 cm³/mol. The minimum atomic E-state index is 0.00922. The molecule has 0 bridgehead atoms. The molecule has 0 aromatic heterocycles. The highest BCUT2D eigenvalue weighted by Crippen LogP contribution is 2.18.